The molecule has 0 radical (unpaired) electrons. The molecule has 132 valence electrons. The van der Waals surface area contributed by atoms with Gasteiger partial charge in [0.25, 0.3) is 5.91 Å². The Labute approximate surface area is 149 Å². The number of carbonyl (C=O) groups excluding carboxylic acids is 1. The second-order valence-corrected chi connectivity index (χ2v) is 6.13. The Morgan fingerprint density at radius 2 is 2.32 bits per heavy atom. The van der Waals surface area contributed by atoms with Gasteiger partial charge in [0.05, 0.1) is 22.5 Å². The summed E-state index contributed by atoms with van der Waals surface area (Å²) >= 11 is 6.03. The van der Waals surface area contributed by atoms with Gasteiger partial charge < -0.3 is 10.2 Å². The molecule has 0 spiro atoms. The first-order valence-electron chi connectivity index (χ1n) is 7.97. The van der Waals surface area contributed by atoms with E-state index in [0.29, 0.717) is 12.3 Å². The van der Waals surface area contributed by atoms with Gasteiger partial charge in [0.2, 0.25) is 6.10 Å². The van der Waals surface area contributed by atoms with Crippen molar-refractivity contribution in [2.45, 2.75) is 39.5 Å². The zero-order valence-electron chi connectivity index (χ0n) is 13.9. The molecule has 1 aliphatic rings. The van der Waals surface area contributed by atoms with Crippen molar-refractivity contribution in [3.63, 3.8) is 0 Å². The number of hydrogen-bond acceptors (Lipinski definition) is 4. The van der Waals surface area contributed by atoms with Crippen molar-refractivity contribution in [3.8, 4) is 0 Å². The quantitative estimate of drug-likeness (QED) is 0.887. The SMILES string of the molecule is CCn1ncc(CNC(=O)C2CC(c3c(F)cccc3Cl)=NO2)c1C. The van der Waals surface area contributed by atoms with Gasteiger partial charge in [-0.1, -0.05) is 22.8 Å². The topological polar surface area (TPSA) is 68.5 Å². The lowest BCUT2D eigenvalue weighted by Crippen LogP contribution is -2.34. The molecule has 8 heteroatoms. The summed E-state index contributed by atoms with van der Waals surface area (Å²) in [6, 6.07) is 4.38. The Bertz CT molecular complexity index is 814. The van der Waals surface area contributed by atoms with E-state index in [2.05, 4.69) is 15.6 Å². The minimum Gasteiger partial charge on any atom is -0.382 e. The fourth-order valence-electron chi connectivity index (χ4n) is 2.71. The summed E-state index contributed by atoms with van der Waals surface area (Å²) in [6.45, 7) is 5.07. The van der Waals surface area contributed by atoms with Gasteiger partial charge in [-0.25, -0.2) is 4.39 Å². The van der Waals surface area contributed by atoms with Gasteiger partial charge in [-0.05, 0) is 26.0 Å². The summed E-state index contributed by atoms with van der Waals surface area (Å²) < 4.78 is 15.8. The molecule has 1 aromatic heterocycles. The highest BCUT2D eigenvalue weighted by atomic mass is 35.5. The lowest BCUT2D eigenvalue weighted by molar-refractivity contribution is -0.131. The van der Waals surface area contributed by atoms with E-state index in [1.54, 1.807) is 12.3 Å². The minimum absolute atomic E-state index is 0.166. The van der Waals surface area contributed by atoms with Crippen LogP contribution in [0.25, 0.3) is 0 Å². The van der Waals surface area contributed by atoms with Crippen LogP contribution in [0.4, 0.5) is 4.39 Å². The smallest absolute Gasteiger partial charge is 0.264 e. The first-order valence-corrected chi connectivity index (χ1v) is 8.35. The number of halogens is 2. The van der Waals surface area contributed by atoms with Crippen molar-refractivity contribution in [2.75, 3.05) is 0 Å². The first kappa shape index (κ1) is 17.4. The lowest BCUT2D eigenvalue weighted by atomic mass is 10.0. The molecule has 2 heterocycles. The van der Waals surface area contributed by atoms with Crippen LogP contribution in [0.1, 0.15) is 30.2 Å². The van der Waals surface area contributed by atoms with Crippen LogP contribution in [0.15, 0.2) is 29.6 Å². The average Bonchev–Trinajstić information content (AvgIpc) is 3.20. The highest BCUT2D eigenvalue weighted by Crippen LogP contribution is 2.25. The largest absolute Gasteiger partial charge is 0.382 e. The van der Waals surface area contributed by atoms with E-state index >= 15 is 0 Å². The van der Waals surface area contributed by atoms with Gasteiger partial charge in [-0.2, -0.15) is 5.10 Å². The van der Waals surface area contributed by atoms with Crippen LogP contribution in [-0.4, -0.2) is 27.5 Å². The maximum absolute atomic E-state index is 13.9. The van der Waals surface area contributed by atoms with Crippen LogP contribution in [0.3, 0.4) is 0 Å². The number of amides is 1. The second-order valence-electron chi connectivity index (χ2n) is 5.72. The molecule has 0 fully saturated rings. The summed E-state index contributed by atoms with van der Waals surface area (Å²) in [7, 11) is 0. The fraction of sp³-hybridized carbons (Fsp3) is 0.353. The minimum atomic E-state index is -0.799. The number of hydrogen-bond donors (Lipinski definition) is 1. The maximum Gasteiger partial charge on any atom is 0.264 e. The Kier molecular flexibility index (Phi) is 5.03. The maximum atomic E-state index is 13.9. The van der Waals surface area contributed by atoms with E-state index in [0.717, 1.165) is 17.8 Å². The van der Waals surface area contributed by atoms with Crippen LogP contribution >= 0.6 is 11.6 Å². The van der Waals surface area contributed by atoms with Crippen molar-refractivity contribution in [2.24, 2.45) is 5.16 Å². The number of carbonyl (C=O) groups is 1. The van der Waals surface area contributed by atoms with Crippen LogP contribution in [0.2, 0.25) is 5.02 Å². The van der Waals surface area contributed by atoms with Crippen LogP contribution < -0.4 is 5.32 Å². The van der Waals surface area contributed by atoms with E-state index in [9.17, 15) is 9.18 Å². The molecule has 6 nitrogen and oxygen atoms in total. The molecule has 0 saturated carbocycles. The number of nitrogens with one attached hydrogen (secondary N) is 1. The van der Waals surface area contributed by atoms with E-state index < -0.39 is 11.9 Å². The monoisotopic (exact) mass is 364 g/mol. The van der Waals surface area contributed by atoms with Crippen molar-refractivity contribution >= 4 is 23.2 Å². The van der Waals surface area contributed by atoms with Gasteiger partial charge in [0, 0.05) is 30.8 Å². The molecule has 0 aliphatic carbocycles. The van der Waals surface area contributed by atoms with Crippen LogP contribution in [0, 0.1) is 12.7 Å². The fourth-order valence-corrected chi connectivity index (χ4v) is 2.98. The van der Waals surface area contributed by atoms with E-state index in [1.807, 2.05) is 18.5 Å². The summed E-state index contributed by atoms with van der Waals surface area (Å²) in [6.07, 6.45) is 1.10. The molecule has 1 N–H and O–H groups in total. The second kappa shape index (κ2) is 7.23. The molecule has 0 saturated heterocycles. The number of nitrogens with zero attached hydrogens (tertiary/aromatic N) is 3. The number of oxime groups is 1. The predicted octanol–water partition coefficient (Wildman–Crippen LogP) is 2.81. The number of benzene rings is 1. The zero-order valence-corrected chi connectivity index (χ0v) is 14.7. The summed E-state index contributed by atoms with van der Waals surface area (Å²) in [5.74, 6) is -0.798. The van der Waals surface area contributed by atoms with Gasteiger partial charge in [-0.3, -0.25) is 9.48 Å². The average molecular weight is 365 g/mol. The molecule has 1 atom stereocenters. The van der Waals surface area contributed by atoms with E-state index in [4.69, 9.17) is 16.4 Å². The third-order valence-corrected chi connectivity index (χ3v) is 4.49. The third kappa shape index (κ3) is 3.51. The van der Waals surface area contributed by atoms with E-state index in [-0.39, 0.29) is 22.9 Å². The lowest BCUT2D eigenvalue weighted by Gasteiger charge is -2.10. The molecule has 1 amide bonds. The molecule has 25 heavy (non-hydrogen) atoms. The molecule has 1 aromatic carbocycles. The van der Waals surface area contributed by atoms with Crippen LogP contribution in [-0.2, 0) is 22.7 Å². The predicted molar refractivity (Wildman–Crippen MR) is 91.9 cm³/mol. The molecule has 3 rings (SSSR count). The van der Waals surface area contributed by atoms with Gasteiger partial charge in [0.15, 0.2) is 0 Å². The molecule has 0 bridgehead atoms. The summed E-state index contributed by atoms with van der Waals surface area (Å²) in [4.78, 5) is 17.5. The van der Waals surface area contributed by atoms with E-state index in [1.165, 1.54) is 12.1 Å². The summed E-state index contributed by atoms with van der Waals surface area (Å²) in [5, 5.41) is 11.1. The Morgan fingerprint density at radius 1 is 1.52 bits per heavy atom. The molecule has 1 unspecified atom stereocenters. The van der Waals surface area contributed by atoms with Crippen LogP contribution in [0.5, 0.6) is 0 Å². The van der Waals surface area contributed by atoms with Crippen molar-refractivity contribution in [3.05, 3.63) is 52.1 Å². The summed E-state index contributed by atoms with van der Waals surface area (Å²) in [5.41, 5.74) is 2.45. The van der Waals surface area contributed by atoms with Crippen molar-refractivity contribution < 1.29 is 14.0 Å². The molecular weight excluding hydrogens is 347 g/mol. The Morgan fingerprint density at radius 3 is 3.00 bits per heavy atom. The molecular formula is C17H18ClFN4O2. The van der Waals surface area contributed by atoms with Crippen molar-refractivity contribution in [1.82, 2.24) is 15.1 Å². The number of aryl methyl sites for hydroxylation is 1. The molecule has 1 aliphatic heterocycles. The standard InChI is InChI=1S/C17H18ClFN4O2/c1-3-23-10(2)11(9-21-23)8-20-17(24)15-7-14(22-25-15)16-12(18)5-4-6-13(16)19/h4-6,9,15H,3,7-8H2,1-2H3,(H,20,24). The van der Waals surface area contributed by atoms with Crippen molar-refractivity contribution in [1.29, 1.82) is 0 Å². The first-order chi connectivity index (χ1) is 12.0. The zero-order chi connectivity index (χ0) is 18.0. The van der Waals surface area contributed by atoms with Gasteiger partial charge in [-0.15, -0.1) is 0 Å². The van der Waals surface area contributed by atoms with Gasteiger partial charge >= 0.3 is 0 Å². The highest BCUT2D eigenvalue weighted by Gasteiger charge is 2.31. The number of rotatable bonds is 5. The third-order valence-electron chi connectivity index (χ3n) is 4.17. The molecule has 2 aromatic rings. The number of aromatic nitrogens is 2. The van der Waals surface area contributed by atoms with Gasteiger partial charge in [0.1, 0.15) is 5.82 Å². The Hall–Kier alpha value is -2.41. The normalized spacial score (nSPS) is 16.5. The highest BCUT2D eigenvalue weighted by molar-refractivity contribution is 6.34. The Balaban J connectivity index is 1.61.